The molecule has 2 heterocycles. The maximum Gasteiger partial charge on any atom is 0.257 e. The summed E-state index contributed by atoms with van der Waals surface area (Å²) in [6.45, 7) is 6.48. The van der Waals surface area contributed by atoms with Crippen LogP contribution in [0.25, 0.3) is 27.9 Å². The van der Waals surface area contributed by atoms with Gasteiger partial charge in [0, 0.05) is 6.54 Å². The zero-order valence-corrected chi connectivity index (χ0v) is 18.9. The van der Waals surface area contributed by atoms with Gasteiger partial charge in [0.05, 0.1) is 16.7 Å². The number of benzene rings is 3. The molecule has 1 amide bonds. The van der Waals surface area contributed by atoms with Crippen molar-refractivity contribution >= 4 is 33.9 Å². The molecule has 0 aliphatic heterocycles. The Labute approximate surface area is 192 Å². The van der Waals surface area contributed by atoms with Gasteiger partial charge >= 0.3 is 0 Å². The molecule has 0 aliphatic rings. The van der Waals surface area contributed by atoms with Crippen LogP contribution in [0.5, 0.6) is 0 Å². The van der Waals surface area contributed by atoms with Crippen LogP contribution in [0.15, 0.2) is 66.7 Å². The van der Waals surface area contributed by atoms with Gasteiger partial charge in [-0.1, -0.05) is 54.1 Å². The van der Waals surface area contributed by atoms with Crippen molar-refractivity contribution in [1.82, 2.24) is 19.9 Å². The number of fused-ring (bicyclic) bond motifs is 2. The molecular formula is C27H25N5O. The number of anilines is 1. The number of nitrogen functional groups attached to an aromatic ring is 1. The zero-order chi connectivity index (χ0) is 23.1. The third-order valence-electron chi connectivity index (χ3n) is 5.90. The summed E-state index contributed by atoms with van der Waals surface area (Å²) in [7, 11) is 0. The number of nitrogens with one attached hydrogen (secondary N) is 1. The zero-order valence-electron chi connectivity index (χ0n) is 18.9. The smallest absolute Gasteiger partial charge is 0.257 e. The molecule has 3 aromatic carbocycles. The summed E-state index contributed by atoms with van der Waals surface area (Å²) in [6.07, 6.45) is 0. The lowest BCUT2D eigenvalue weighted by Crippen LogP contribution is -2.24. The van der Waals surface area contributed by atoms with E-state index < -0.39 is 0 Å². The predicted octanol–water partition coefficient (Wildman–Crippen LogP) is 5.01. The largest absolute Gasteiger partial charge is 0.384 e. The van der Waals surface area contributed by atoms with Crippen LogP contribution >= 0.6 is 0 Å². The highest BCUT2D eigenvalue weighted by Gasteiger charge is 2.25. The number of aryl methyl sites for hydroxylation is 3. The molecule has 0 saturated heterocycles. The van der Waals surface area contributed by atoms with Gasteiger partial charge in [-0.25, -0.2) is 9.97 Å². The first-order chi connectivity index (χ1) is 15.9. The van der Waals surface area contributed by atoms with Crippen LogP contribution in [0.1, 0.15) is 32.6 Å². The van der Waals surface area contributed by atoms with E-state index in [-0.39, 0.29) is 5.91 Å². The van der Waals surface area contributed by atoms with Gasteiger partial charge in [-0.3, -0.25) is 9.36 Å². The van der Waals surface area contributed by atoms with Crippen molar-refractivity contribution in [2.45, 2.75) is 27.3 Å². The van der Waals surface area contributed by atoms with Crippen LogP contribution in [-0.4, -0.2) is 20.4 Å². The first kappa shape index (κ1) is 20.7. The Morgan fingerprint density at radius 1 is 0.909 bits per heavy atom. The second-order valence-electron chi connectivity index (χ2n) is 8.44. The summed E-state index contributed by atoms with van der Waals surface area (Å²) in [5, 5.41) is 3.01. The second-order valence-corrected chi connectivity index (χ2v) is 8.44. The summed E-state index contributed by atoms with van der Waals surface area (Å²) in [5.74, 6) is 0.0575. The van der Waals surface area contributed by atoms with E-state index in [1.54, 1.807) is 0 Å². The molecule has 0 aliphatic carbocycles. The number of para-hydroxylation sites is 2. The van der Waals surface area contributed by atoms with Crippen molar-refractivity contribution in [1.29, 1.82) is 0 Å². The van der Waals surface area contributed by atoms with Crippen LogP contribution in [-0.2, 0) is 6.54 Å². The van der Waals surface area contributed by atoms with Crippen molar-refractivity contribution in [3.63, 3.8) is 0 Å². The number of hydrogen-bond acceptors (Lipinski definition) is 4. The lowest BCUT2D eigenvalue weighted by Gasteiger charge is -2.12. The Hall–Kier alpha value is -4.19. The number of rotatable bonds is 4. The molecule has 0 atom stereocenters. The molecule has 0 fully saturated rings. The molecule has 0 spiro atoms. The van der Waals surface area contributed by atoms with Gasteiger partial charge in [0.15, 0.2) is 5.65 Å². The standard InChI is InChI=1S/C27H25N5O/c1-16-9-12-19(13-10-16)15-29-27(33)23-24-26(31-21-7-5-4-6-20(21)30-24)32(25(23)28)22-14-17(2)8-11-18(22)3/h4-14H,15,28H2,1-3H3,(H,29,33). The van der Waals surface area contributed by atoms with Gasteiger partial charge in [-0.15, -0.1) is 0 Å². The SMILES string of the molecule is Cc1ccc(CNC(=O)c2c(N)n(-c3cc(C)ccc3C)c3nc4ccccc4nc23)cc1. The molecule has 0 bridgehead atoms. The highest BCUT2D eigenvalue weighted by molar-refractivity contribution is 6.11. The Morgan fingerprint density at radius 3 is 2.30 bits per heavy atom. The van der Waals surface area contributed by atoms with E-state index >= 15 is 0 Å². The van der Waals surface area contributed by atoms with Gasteiger partial charge in [0.2, 0.25) is 0 Å². The summed E-state index contributed by atoms with van der Waals surface area (Å²) in [6, 6.07) is 21.8. The minimum atomic E-state index is -0.272. The lowest BCUT2D eigenvalue weighted by atomic mass is 10.1. The minimum Gasteiger partial charge on any atom is -0.384 e. The number of carbonyl (C=O) groups excluding carboxylic acids is 1. The summed E-state index contributed by atoms with van der Waals surface area (Å²) in [5.41, 5.74) is 14.7. The van der Waals surface area contributed by atoms with Gasteiger partial charge in [-0.2, -0.15) is 0 Å². The van der Waals surface area contributed by atoms with Crippen LogP contribution in [0.4, 0.5) is 5.82 Å². The fraction of sp³-hybridized carbons (Fsp3) is 0.148. The lowest BCUT2D eigenvalue weighted by molar-refractivity contribution is 0.0953. The van der Waals surface area contributed by atoms with Crippen molar-refractivity contribution in [3.05, 3.63) is 94.5 Å². The van der Waals surface area contributed by atoms with Crippen molar-refractivity contribution in [2.24, 2.45) is 0 Å². The summed E-state index contributed by atoms with van der Waals surface area (Å²) < 4.78 is 1.85. The highest BCUT2D eigenvalue weighted by atomic mass is 16.1. The predicted molar refractivity (Wildman–Crippen MR) is 133 cm³/mol. The van der Waals surface area contributed by atoms with E-state index in [4.69, 9.17) is 15.7 Å². The maximum absolute atomic E-state index is 13.4. The van der Waals surface area contributed by atoms with Crippen molar-refractivity contribution in [3.8, 4) is 5.69 Å². The minimum absolute atomic E-state index is 0.272. The fourth-order valence-corrected chi connectivity index (χ4v) is 4.07. The molecule has 164 valence electrons. The molecule has 5 rings (SSSR count). The van der Waals surface area contributed by atoms with Crippen LogP contribution in [0, 0.1) is 20.8 Å². The van der Waals surface area contributed by atoms with E-state index in [9.17, 15) is 4.79 Å². The number of hydrogen-bond donors (Lipinski definition) is 2. The molecule has 6 heteroatoms. The second kappa shape index (κ2) is 8.06. The van der Waals surface area contributed by atoms with Gasteiger partial charge in [0.1, 0.15) is 16.9 Å². The Kier molecular flexibility index (Phi) is 5.05. The van der Waals surface area contributed by atoms with E-state index in [2.05, 4.69) is 17.4 Å². The summed E-state index contributed by atoms with van der Waals surface area (Å²) in [4.78, 5) is 23.0. The average molecular weight is 436 g/mol. The van der Waals surface area contributed by atoms with Gasteiger partial charge in [0.25, 0.3) is 5.91 Å². The Morgan fingerprint density at radius 2 is 1.58 bits per heavy atom. The molecule has 6 nitrogen and oxygen atoms in total. The van der Waals surface area contributed by atoms with Gasteiger partial charge < -0.3 is 11.1 Å². The third-order valence-corrected chi connectivity index (χ3v) is 5.90. The number of nitrogens with zero attached hydrogens (tertiary/aromatic N) is 3. The molecule has 0 saturated carbocycles. The van der Waals surface area contributed by atoms with Crippen LogP contribution in [0.2, 0.25) is 0 Å². The first-order valence-corrected chi connectivity index (χ1v) is 10.9. The summed E-state index contributed by atoms with van der Waals surface area (Å²) >= 11 is 0. The van der Waals surface area contributed by atoms with Crippen LogP contribution < -0.4 is 11.1 Å². The number of amides is 1. The highest BCUT2D eigenvalue weighted by Crippen LogP contribution is 2.32. The molecular weight excluding hydrogens is 410 g/mol. The molecule has 3 N–H and O–H groups in total. The molecule has 2 aromatic heterocycles. The van der Waals surface area contributed by atoms with Gasteiger partial charge in [-0.05, 0) is 55.7 Å². The molecule has 0 unspecified atom stereocenters. The van der Waals surface area contributed by atoms with E-state index in [0.717, 1.165) is 33.4 Å². The monoisotopic (exact) mass is 435 g/mol. The average Bonchev–Trinajstić information content (AvgIpc) is 3.09. The van der Waals surface area contributed by atoms with E-state index in [1.807, 2.05) is 79.9 Å². The fourth-order valence-electron chi connectivity index (χ4n) is 4.07. The van der Waals surface area contributed by atoms with Crippen LogP contribution in [0.3, 0.4) is 0 Å². The Balaban J connectivity index is 1.68. The first-order valence-electron chi connectivity index (χ1n) is 10.9. The molecule has 0 radical (unpaired) electrons. The third kappa shape index (κ3) is 3.69. The topological polar surface area (TPSA) is 85.8 Å². The number of nitrogens with two attached hydrogens (primary N) is 1. The van der Waals surface area contributed by atoms with E-state index in [1.165, 1.54) is 5.56 Å². The number of carbonyl (C=O) groups is 1. The quantitative estimate of drug-likeness (QED) is 0.415. The normalized spacial score (nSPS) is 11.2. The maximum atomic E-state index is 13.4. The Bertz CT molecular complexity index is 1520. The number of aromatic nitrogens is 3. The molecule has 5 aromatic rings. The van der Waals surface area contributed by atoms with E-state index in [0.29, 0.717) is 29.1 Å². The van der Waals surface area contributed by atoms with Crippen molar-refractivity contribution < 1.29 is 4.79 Å². The molecule has 33 heavy (non-hydrogen) atoms. The van der Waals surface area contributed by atoms with Crippen molar-refractivity contribution in [2.75, 3.05) is 5.73 Å².